The Morgan fingerprint density at radius 3 is 2.95 bits per heavy atom. The Labute approximate surface area is 128 Å². The zero-order chi connectivity index (χ0) is 14.4. The van der Waals surface area contributed by atoms with Gasteiger partial charge in [0.05, 0.1) is 7.11 Å². The van der Waals surface area contributed by atoms with Crippen molar-refractivity contribution < 1.29 is 4.74 Å². The van der Waals surface area contributed by atoms with Crippen molar-refractivity contribution >= 4 is 23.1 Å². The maximum absolute atomic E-state index is 5.54. The molecule has 108 valence electrons. The average Bonchev–Trinajstić information content (AvgIpc) is 2.97. The van der Waals surface area contributed by atoms with E-state index in [0.717, 1.165) is 23.1 Å². The second kappa shape index (κ2) is 7.67. The first-order valence-electron chi connectivity index (χ1n) is 6.73. The summed E-state index contributed by atoms with van der Waals surface area (Å²) in [6.07, 6.45) is 2.96. The van der Waals surface area contributed by atoms with E-state index in [1.807, 2.05) is 23.7 Å². The van der Waals surface area contributed by atoms with Crippen LogP contribution < -0.4 is 10.1 Å². The van der Waals surface area contributed by atoms with Crippen LogP contribution in [0.25, 0.3) is 0 Å². The molecular formula is C15H20N2OS2. The lowest BCUT2D eigenvalue weighted by atomic mass is 10.1. The molecule has 0 fully saturated rings. The van der Waals surface area contributed by atoms with Crippen LogP contribution in [0.5, 0.6) is 5.75 Å². The number of methoxy groups -OCH3 is 1. The second-order valence-electron chi connectivity index (χ2n) is 4.45. The molecule has 0 aliphatic rings. The van der Waals surface area contributed by atoms with Gasteiger partial charge in [0, 0.05) is 28.1 Å². The molecule has 1 aromatic carbocycles. The molecule has 0 radical (unpaired) electrons. The summed E-state index contributed by atoms with van der Waals surface area (Å²) in [6.45, 7) is 5.35. The van der Waals surface area contributed by atoms with E-state index in [2.05, 4.69) is 30.2 Å². The van der Waals surface area contributed by atoms with Crippen molar-refractivity contribution in [3.8, 4) is 5.75 Å². The molecule has 5 heteroatoms. The first kappa shape index (κ1) is 15.4. The fourth-order valence-corrected chi connectivity index (χ4v) is 3.86. The van der Waals surface area contributed by atoms with Gasteiger partial charge in [-0.25, -0.2) is 4.98 Å². The fraction of sp³-hybridized carbons (Fsp3) is 0.400. The Kier molecular flexibility index (Phi) is 5.88. The smallest absolute Gasteiger partial charge is 0.154 e. The van der Waals surface area contributed by atoms with E-state index in [0.29, 0.717) is 0 Å². The Hall–Kier alpha value is -1.04. The van der Waals surface area contributed by atoms with Crippen LogP contribution in [0.2, 0.25) is 0 Å². The number of nitrogens with one attached hydrogen (secondary N) is 1. The summed E-state index contributed by atoms with van der Waals surface area (Å²) >= 11 is 3.36. The molecule has 0 aliphatic heterocycles. The van der Waals surface area contributed by atoms with Crippen LogP contribution in [0.3, 0.4) is 0 Å². The van der Waals surface area contributed by atoms with Crippen LogP contribution in [0.4, 0.5) is 0 Å². The highest BCUT2D eigenvalue weighted by Crippen LogP contribution is 2.38. The topological polar surface area (TPSA) is 34.1 Å². The molecule has 3 nitrogen and oxygen atoms in total. The summed E-state index contributed by atoms with van der Waals surface area (Å²) in [7, 11) is 1.73. The van der Waals surface area contributed by atoms with E-state index in [1.54, 1.807) is 30.2 Å². The molecule has 20 heavy (non-hydrogen) atoms. The van der Waals surface area contributed by atoms with Crippen molar-refractivity contribution in [1.29, 1.82) is 0 Å². The van der Waals surface area contributed by atoms with Gasteiger partial charge >= 0.3 is 0 Å². The molecule has 1 aromatic heterocycles. The highest BCUT2D eigenvalue weighted by Gasteiger charge is 2.17. The zero-order valence-electron chi connectivity index (χ0n) is 12.1. The molecule has 1 N–H and O–H groups in total. The van der Waals surface area contributed by atoms with Crippen molar-refractivity contribution in [2.75, 3.05) is 13.7 Å². The Balaban J connectivity index is 2.30. The molecule has 0 spiro atoms. The molecule has 0 aliphatic carbocycles. The Bertz CT molecular complexity index is 529. The molecule has 2 rings (SSSR count). The lowest BCUT2D eigenvalue weighted by Crippen LogP contribution is -2.20. The highest BCUT2D eigenvalue weighted by atomic mass is 32.2. The molecule has 1 unspecified atom stereocenters. The number of nitrogens with zero attached hydrogens (tertiary/aromatic N) is 1. The van der Waals surface area contributed by atoms with Crippen molar-refractivity contribution in [3.05, 3.63) is 35.3 Å². The summed E-state index contributed by atoms with van der Waals surface area (Å²) in [5.41, 5.74) is 1.21. The number of thiazole rings is 1. The van der Waals surface area contributed by atoms with E-state index >= 15 is 0 Å². The predicted molar refractivity (Wildman–Crippen MR) is 85.9 cm³/mol. The molecule has 1 atom stereocenters. The van der Waals surface area contributed by atoms with Gasteiger partial charge in [-0.15, -0.1) is 11.3 Å². The van der Waals surface area contributed by atoms with Gasteiger partial charge in [0.25, 0.3) is 0 Å². The van der Waals surface area contributed by atoms with Gasteiger partial charge in [-0.2, -0.15) is 0 Å². The minimum absolute atomic E-state index is 0.258. The monoisotopic (exact) mass is 308 g/mol. The van der Waals surface area contributed by atoms with E-state index in [-0.39, 0.29) is 6.04 Å². The Morgan fingerprint density at radius 2 is 2.30 bits per heavy atom. The Morgan fingerprint density at radius 1 is 1.45 bits per heavy atom. The van der Waals surface area contributed by atoms with Crippen LogP contribution in [0.15, 0.2) is 39.0 Å². The number of rotatable bonds is 7. The molecule has 0 saturated carbocycles. The highest BCUT2D eigenvalue weighted by molar-refractivity contribution is 8.01. The van der Waals surface area contributed by atoms with E-state index in [4.69, 9.17) is 4.74 Å². The minimum Gasteiger partial charge on any atom is -0.496 e. The quantitative estimate of drug-likeness (QED) is 0.824. The number of benzene rings is 1. The standard InChI is InChI=1S/C15H20N2OS2/c1-4-8-16-11(2)14-12(18-3)6-5-7-13(14)20-15-17-9-10-19-15/h5-7,9-11,16H,4,8H2,1-3H3. The molecule has 0 saturated heterocycles. The van der Waals surface area contributed by atoms with Crippen LogP contribution in [-0.2, 0) is 0 Å². The number of ether oxygens (including phenoxy) is 1. The van der Waals surface area contributed by atoms with Crippen LogP contribution in [0, 0.1) is 0 Å². The van der Waals surface area contributed by atoms with Crippen molar-refractivity contribution in [3.63, 3.8) is 0 Å². The summed E-state index contributed by atoms with van der Waals surface area (Å²) in [6, 6.07) is 6.44. The van der Waals surface area contributed by atoms with Gasteiger partial charge in [0.2, 0.25) is 0 Å². The van der Waals surface area contributed by atoms with Crippen LogP contribution in [-0.4, -0.2) is 18.6 Å². The normalized spacial score (nSPS) is 12.3. The average molecular weight is 308 g/mol. The maximum atomic E-state index is 5.54. The molecule has 1 heterocycles. The molecule has 2 aromatic rings. The molecule has 0 amide bonds. The summed E-state index contributed by atoms with van der Waals surface area (Å²) < 4.78 is 6.59. The van der Waals surface area contributed by atoms with Crippen LogP contribution in [0.1, 0.15) is 31.9 Å². The van der Waals surface area contributed by atoms with Gasteiger partial charge in [0.15, 0.2) is 4.34 Å². The van der Waals surface area contributed by atoms with E-state index in [9.17, 15) is 0 Å². The van der Waals surface area contributed by atoms with E-state index in [1.165, 1.54) is 10.5 Å². The fourth-order valence-electron chi connectivity index (χ4n) is 2.04. The summed E-state index contributed by atoms with van der Waals surface area (Å²) in [5, 5.41) is 5.53. The first-order valence-corrected chi connectivity index (χ1v) is 8.43. The summed E-state index contributed by atoms with van der Waals surface area (Å²) in [5.74, 6) is 0.933. The number of aromatic nitrogens is 1. The maximum Gasteiger partial charge on any atom is 0.154 e. The number of hydrogen-bond acceptors (Lipinski definition) is 5. The second-order valence-corrected chi connectivity index (χ2v) is 6.63. The summed E-state index contributed by atoms with van der Waals surface area (Å²) in [4.78, 5) is 5.55. The number of hydrogen-bond donors (Lipinski definition) is 1. The van der Waals surface area contributed by atoms with Crippen molar-refractivity contribution in [1.82, 2.24) is 10.3 Å². The van der Waals surface area contributed by atoms with Gasteiger partial charge in [-0.1, -0.05) is 24.8 Å². The zero-order valence-corrected chi connectivity index (χ0v) is 13.7. The molecule has 0 bridgehead atoms. The molecular weight excluding hydrogens is 288 g/mol. The first-order chi connectivity index (χ1) is 9.76. The van der Waals surface area contributed by atoms with Gasteiger partial charge in [0.1, 0.15) is 5.75 Å². The van der Waals surface area contributed by atoms with Crippen LogP contribution >= 0.6 is 23.1 Å². The van der Waals surface area contributed by atoms with Crippen molar-refractivity contribution in [2.24, 2.45) is 0 Å². The van der Waals surface area contributed by atoms with Gasteiger partial charge in [-0.05, 0) is 32.0 Å². The van der Waals surface area contributed by atoms with Crippen molar-refractivity contribution in [2.45, 2.75) is 35.5 Å². The third-order valence-electron chi connectivity index (χ3n) is 2.99. The predicted octanol–water partition coefficient (Wildman–Crippen LogP) is 4.36. The lowest BCUT2D eigenvalue weighted by Gasteiger charge is -2.20. The van der Waals surface area contributed by atoms with Gasteiger partial charge in [-0.3, -0.25) is 0 Å². The van der Waals surface area contributed by atoms with E-state index < -0.39 is 0 Å². The minimum atomic E-state index is 0.258. The largest absolute Gasteiger partial charge is 0.496 e. The van der Waals surface area contributed by atoms with Gasteiger partial charge < -0.3 is 10.1 Å². The SMILES string of the molecule is CCCNC(C)c1c(OC)cccc1Sc1nccs1. The lowest BCUT2D eigenvalue weighted by molar-refractivity contribution is 0.399. The third kappa shape index (κ3) is 3.75. The third-order valence-corrected chi connectivity index (χ3v) is 4.95.